The second-order valence-corrected chi connectivity index (χ2v) is 9.76. The summed E-state index contributed by atoms with van der Waals surface area (Å²) in [5.74, 6) is -0.558. The van der Waals surface area contributed by atoms with E-state index in [0.717, 1.165) is 30.4 Å². The lowest BCUT2D eigenvalue weighted by molar-refractivity contribution is -0.121. The first-order chi connectivity index (χ1) is 12.8. The van der Waals surface area contributed by atoms with E-state index in [1.807, 2.05) is 6.07 Å². The minimum absolute atomic E-state index is 0.102. The van der Waals surface area contributed by atoms with Crippen molar-refractivity contribution in [2.75, 3.05) is 5.75 Å². The van der Waals surface area contributed by atoms with Gasteiger partial charge in [0.15, 0.2) is 9.84 Å². The molecule has 0 bridgehead atoms. The Labute approximate surface area is 169 Å². The molecule has 1 N–H and O–H groups in total. The van der Waals surface area contributed by atoms with Gasteiger partial charge in [-0.05, 0) is 67.1 Å². The number of fused-ring (bicyclic) bond motifs is 1. The smallest absolute Gasteiger partial charge is 0.221 e. The van der Waals surface area contributed by atoms with E-state index in [-0.39, 0.29) is 24.1 Å². The van der Waals surface area contributed by atoms with Gasteiger partial charge in [-0.3, -0.25) is 4.79 Å². The predicted octanol–water partition coefficient (Wildman–Crippen LogP) is 4.52. The van der Waals surface area contributed by atoms with Crippen LogP contribution < -0.4 is 5.32 Å². The van der Waals surface area contributed by atoms with E-state index in [1.165, 1.54) is 5.56 Å². The first kappa shape index (κ1) is 20.2. The van der Waals surface area contributed by atoms with Crippen molar-refractivity contribution >= 4 is 38.9 Å². The molecule has 0 fully saturated rings. The third-order valence-corrected chi connectivity index (χ3v) is 7.11. The monoisotopic (exact) mass is 425 g/mol. The highest BCUT2D eigenvalue weighted by Crippen LogP contribution is 2.27. The lowest BCUT2D eigenvalue weighted by atomic mass is 10.1. The molecule has 144 valence electrons. The fourth-order valence-electron chi connectivity index (χ4n) is 3.33. The highest BCUT2D eigenvalue weighted by Gasteiger charge is 2.21. The van der Waals surface area contributed by atoms with Crippen molar-refractivity contribution in [3.63, 3.8) is 0 Å². The number of carbonyl (C=O) groups is 1. The van der Waals surface area contributed by atoms with Crippen LogP contribution in [-0.4, -0.2) is 20.1 Å². The number of rotatable bonds is 6. The van der Waals surface area contributed by atoms with Gasteiger partial charge in [-0.2, -0.15) is 0 Å². The van der Waals surface area contributed by atoms with Crippen LogP contribution in [0.25, 0.3) is 0 Å². The molecule has 0 spiro atoms. The number of carbonyl (C=O) groups excluding carboxylic acids is 1. The average Bonchev–Trinajstić information content (AvgIpc) is 3.07. The van der Waals surface area contributed by atoms with Crippen LogP contribution in [0.15, 0.2) is 41.3 Å². The maximum Gasteiger partial charge on any atom is 0.221 e. The molecule has 1 aliphatic rings. The zero-order valence-corrected chi connectivity index (χ0v) is 17.3. The van der Waals surface area contributed by atoms with Gasteiger partial charge >= 0.3 is 0 Å². The van der Waals surface area contributed by atoms with Gasteiger partial charge in [-0.25, -0.2) is 8.42 Å². The Morgan fingerprint density at radius 3 is 2.59 bits per heavy atom. The number of hydrogen-bond donors (Lipinski definition) is 1. The van der Waals surface area contributed by atoms with Crippen molar-refractivity contribution in [2.45, 2.75) is 43.5 Å². The first-order valence-electron chi connectivity index (χ1n) is 8.85. The van der Waals surface area contributed by atoms with Crippen LogP contribution in [0.5, 0.6) is 0 Å². The third-order valence-electron chi connectivity index (χ3n) is 4.83. The Bertz CT molecular complexity index is 973. The van der Waals surface area contributed by atoms with Gasteiger partial charge in [-0.15, -0.1) is 0 Å². The predicted molar refractivity (Wildman–Crippen MR) is 108 cm³/mol. The summed E-state index contributed by atoms with van der Waals surface area (Å²) in [6.07, 6.45) is 2.88. The van der Waals surface area contributed by atoms with Crippen molar-refractivity contribution in [3.8, 4) is 0 Å². The minimum Gasteiger partial charge on any atom is -0.350 e. The topological polar surface area (TPSA) is 63.2 Å². The summed E-state index contributed by atoms with van der Waals surface area (Å²) in [6.45, 7) is 1.79. The van der Waals surface area contributed by atoms with E-state index in [2.05, 4.69) is 5.32 Å². The van der Waals surface area contributed by atoms with Crippen LogP contribution in [0.1, 0.15) is 42.5 Å². The van der Waals surface area contributed by atoms with Crippen molar-refractivity contribution in [3.05, 3.63) is 63.1 Å². The number of aryl methyl sites for hydroxylation is 2. The average molecular weight is 426 g/mol. The summed E-state index contributed by atoms with van der Waals surface area (Å²) in [5.41, 5.74) is 3.06. The fourth-order valence-corrected chi connectivity index (χ4v) is 5.19. The van der Waals surface area contributed by atoms with Gasteiger partial charge in [0.05, 0.1) is 16.7 Å². The van der Waals surface area contributed by atoms with E-state index in [0.29, 0.717) is 14.9 Å². The maximum atomic E-state index is 12.6. The van der Waals surface area contributed by atoms with Crippen LogP contribution in [0, 0.1) is 0 Å². The molecule has 4 nitrogen and oxygen atoms in total. The molecule has 1 unspecified atom stereocenters. The molecule has 1 amide bonds. The molecule has 0 heterocycles. The van der Waals surface area contributed by atoms with Crippen molar-refractivity contribution < 1.29 is 13.2 Å². The van der Waals surface area contributed by atoms with Crippen LogP contribution in [0.3, 0.4) is 0 Å². The molecule has 1 aliphatic carbocycles. The number of benzene rings is 2. The summed E-state index contributed by atoms with van der Waals surface area (Å²) in [4.78, 5) is 12.5. The number of hydrogen-bond acceptors (Lipinski definition) is 3. The highest BCUT2D eigenvalue weighted by atomic mass is 35.5. The summed E-state index contributed by atoms with van der Waals surface area (Å²) in [7, 11) is -3.50. The number of amides is 1. The third kappa shape index (κ3) is 4.84. The van der Waals surface area contributed by atoms with E-state index >= 15 is 0 Å². The molecule has 0 saturated heterocycles. The quantitative estimate of drug-likeness (QED) is 0.739. The van der Waals surface area contributed by atoms with E-state index in [4.69, 9.17) is 23.2 Å². The minimum atomic E-state index is -3.50. The van der Waals surface area contributed by atoms with Gasteiger partial charge in [0.25, 0.3) is 0 Å². The fraction of sp³-hybridized carbons (Fsp3) is 0.350. The van der Waals surface area contributed by atoms with Gasteiger partial charge in [-0.1, -0.05) is 35.3 Å². The van der Waals surface area contributed by atoms with E-state index < -0.39 is 9.84 Å². The van der Waals surface area contributed by atoms with Crippen LogP contribution in [0.4, 0.5) is 0 Å². The lowest BCUT2D eigenvalue weighted by Crippen LogP contribution is -2.28. The molecule has 2 aromatic rings. The molecule has 27 heavy (non-hydrogen) atoms. The van der Waals surface area contributed by atoms with Crippen LogP contribution in [-0.2, 0) is 27.5 Å². The number of sulfone groups is 1. The first-order valence-corrected chi connectivity index (χ1v) is 11.3. The number of nitrogens with one attached hydrogen (secondary N) is 1. The summed E-state index contributed by atoms with van der Waals surface area (Å²) in [5, 5.41) is 3.77. The normalized spacial score (nSPS) is 14.6. The molecule has 2 aromatic carbocycles. The molecule has 0 saturated carbocycles. The van der Waals surface area contributed by atoms with Crippen molar-refractivity contribution in [1.29, 1.82) is 0 Å². The second-order valence-electron chi connectivity index (χ2n) is 6.81. The van der Waals surface area contributed by atoms with Crippen LogP contribution >= 0.6 is 23.2 Å². The standard InChI is InChI=1S/C20H21Cl2NO3S/c1-13(18-8-6-16(21)12-19(18)22)23-20(24)9-10-27(25,26)17-7-5-14-3-2-4-15(14)11-17/h5-8,11-13H,2-4,9-10H2,1H3,(H,23,24). The Kier molecular flexibility index (Phi) is 6.14. The zero-order chi connectivity index (χ0) is 19.6. The Balaban J connectivity index is 1.61. The maximum absolute atomic E-state index is 12.6. The Morgan fingerprint density at radius 1 is 1.11 bits per heavy atom. The van der Waals surface area contributed by atoms with E-state index in [1.54, 1.807) is 37.3 Å². The second kappa shape index (κ2) is 8.21. The van der Waals surface area contributed by atoms with Gasteiger partial charge in [0.1, 0.15) is 0 Å². The van der Waals surface area contributed by atoms with Gasteiger partial charge in [0, 0.05) is 16.5 Å². The van der Waals surface area contributed by atoms with Gasteiger partial charge < -0.3 is 5.32 Å². The molecule has 0 radical (unpaired) electrons. The van der Waals surface area contributed by atoms with Gasteiger partial charge in [0.2, 0.25) is 5.91 Å². The summed E-state index contributed by atoms with van der Waals surface area (Å²) in [6, 6.07) is 10.0. The largest absolute Gasteiger partial charge is 0.350 e. The SMILES string of the molecule is CC(NC(=O)CCS(=O)(=O)c1ccc2c(c1)CCC2)c1ccc(Cl)cc1Cl. The molecular formula is C20H21Cl2NO3S. The summed E-state index contributed by atoms with van der Waals surface area (Å²) < 4.78 is 25.1. The Hall–Kier alpha value is -1.56. The van der Waals surface area contributed by atoms with Crippen LogP contribution in [0.2, 0.25) is 10.0 Å². The molecule has 3 rings (SSSR count). The summed E-state index contributed by atoms with van der Waals surface area (Å²) >= 11 is 12.0. The Morgan fingerprint density at radius 2 is 1.85 bits per heavy atom. The molecule has 0 aromatic heterocycles. The van der Waals surface area contributed by atoms with Crippen molar-refractivity contribution in [2.24, 2.45) is 0 Å². The molecule has 7 heteroatoms. The molecule has 0 aliphatic heterocycles. The van der Waals surface area contributed by atoms with E-state index in [9.17, 15) is 13.2 Å². The zero-order valence-electron chi connectivity index (χ0n) is 15.0. The molecular weight excluding hydrogens is 405 g/mol. The van der Waals surface area contributed by atoms with Crippen molar-refractivity contribution in [1.82, 2.24) is 5.32 Å². The highest BCUT2D eigenvalue weighted by molar-refractivity contribution is 7.91. The molecule has 1 atom stereocenters. The lowest BCUT2D eigenvalue weighted by Gasteiger charge is -2.16. The number of halogens is 2.